The summed E-state index contributed by atoms with van der Waals surface area (Å²) >= 11 is 5.27. The number of rotatable bonds is 4. The predicted octanol–water partition coefficient (Wildman–Crippen LogP) is 3.57. The van der Waals surface area contributed by atoms with E-state index in [0.29, 0.717) is 0 Å². The number of aromatic nitrogens is 3. The van der Waals surface area contributed by atoms with Crippen LogP contribution in [0.5, 0.6) is 0 Å². The van der Waals surface area contributed by atoms with Crippen molar-refractivity contribution in [1.29, 1.82) is 0 Å². The highest BCUT2D eigenvalue weighted by atomic mass is 79.9. The summed E-state index contributed by atoms with van der Waals surface area (Å²) in [4.78, 5) is 4.15. The van der Waals surface area contributed by atoms with Crippen LogP contribution in [0.4, 0.5) is 0 Å². The van der Waals surface area contributed by atoms with Crippen LogP contribution in [0.3, 0.4) is 0 Å². The molecule has 1 aromatic carbocycles. The smallest absolute Gasteiger partial charge is 0.216 e. The minimum atomic E-state index is 0.817. The molecular weight excluding hydrogens is 384 g/mol. The number of fused-ring (bicyclic) bond motifs is 1. The van der Waals surface area contributed by atoms with Crippen molar-refractivity contribution in [3.8, 4) is 11.4 Å². The fraction of sp³-hybridized carbons (Fsp3) is 0.444. The number of thiazole rings is 1. The van der Waals surface area contributed by atoms with Crippen molar-refractivity contribution >= 4 is 32.2 Å². The minimum Gasteiger partial charge on any atom is -0.328 e. The van der Waals surface area contributed by atoms with Gasteiger partial charge in [-0.05, 0) is 37.8 Å². The number of hydrogen-bond acceptors (Lipinski definition) is 3. The van der Waals surface area contributed by atoms with Gasteiger partial charge < -0.3 is 4.90 Å². The Bertz CT molecular complexity index is 823. The summed E-state index contributed by atoms with van der Waals surface area (Å²) in [5, 5.41) is 8.76. The van der Waals surface area contributed by atoms with Gasteiger partial charge in [0.05, 0.1) is 17.5 Å². The molecule has 1 fully saturated rings. The van der Waals surface area contributed by atoms with E-state index in [0.717, 1.165) is 33.4 Å². The van der Waals surface area contributed by atoms with Gasteiger partial charge in [-0.3, -0.25) is 4.40 Å². The molecule has 2 aromatic heterocycles. The molecule has 3 aromatic rings. The first kappa shape index (κ1) is 16.2. The third-order valence-corrected chi connectivity index (χ3v) is 6.54. The van der Waals surface area contributed by atoms with Crippen LogP contribution >= 0.6 is 27.3 Å². The monoisotopic (exact) mass is 405 g/mol. The second-order valence-corrected chi connectivity index (χ2v) is 8.58. The summed E-state index contributed by atoms with van der Waals surface area (Å²) < 4.78 is 3.23. The van der Waals surface area contributed by atoms with Crippen LogP contribution < -0.4 is 4.90 Å². The van der Waals surface area contributed by atoms with Crippen LogP contribution in [0.2, 0.25) is 0 Å². The lowest BCUT2D eigenvalue weighted by Gasteiger charge is -2.31. The lowest BCUT2D eigenvalue weighted by atomic mass is 10.0. The molecule has 6 heteroatoms. The molecule has 2 atom stereocenters. The number of piperidine rings is 1. The lowest BCUT2D eigenvalue weighted by molar-refractivity contribution is -0.943. The molecule has 3 heterocycles. The van der Waals surface area contributed by atoms with Gasteiger partial charge in [0.1, 0.15) is 6.54 Å². The summed E-state index contributed by atoms with van der Waals surface area (Å²) in [6, 6.07) is 9.08. The molecule has 0 bridgehead atoms. The van der Waals surface area contributed by atoms with E-state index >= 15 is 0 Å². The third-order valence-electron chi connectivity index (χ3n) is 5.03. The molecule has 4 nitrogen and oxygen atoms in total. The average molecular weight is 406 g/mol. The number of likely N-dealkylation sites (tertiary alicyclic amines) is 1. The van der Waals surface area contributed by atoms with E-state index in [-0.39, 0.29) is 0 Å². The second-order valence-electron chi connectivity index (χ2n) is 6.57. The Kier molecular flexibility index (Phi) is 4.70. The molecule has 24 heavy (non-hydrogen) atoms. The predicted molar refractivity (Wildman–Crippen MR) is 101 cm³/mol. The maximum absolute atomic E-state index is 4.38. The Balaban J connectivity index is 1.61. The van der Waals surface area contributed by atoms with Crippen molar-refractivity contribution in [1.82, 2.24) is 14.6 Å². The Labute approximate surface area is 154 Å². The summed E-state index contributed by atoms with van der Waals surface area (Å²) in [7, 11) is 0. The average Bonchev–Trinajstić information content (AvgIpc) is 3.16. The van der Waals surface area contributed by atoms with Gasteiger partial charge in [0.25, 0.3) is 0 Å². The van der Waals surface area contributed by atoms with Gasteiger partial charge in [0, 0.05) is 16.2 Å². The molecule has 1 aliphatic rings. The van der Waals surface area contributed by atoms with E-state index in [4.69, 9.17) is 0 Å². The molecule has 126 valence electrons. The molecule has 0 aliphatic carbocycles. The quantitative estimate of drug-likeness (QED) is 0.719. The fourth-order valence-electron chi connectivity index (χ4n) is 3.73. The van der Waals surface area contributed by atoms with E-state index in [9.17, 15) is 0 Å². The van der Waals surface area contributed by atoms with Crippen molar-refractivity contribution in [2.24, 2.45) is 0 Å². The van der Waals surface area contributed by atoms with Crippen LogP contribution in [0.1, 0.15) is 37.5 Å². The van der Waals surface area contributed by atoms with Crippen molar-refractivity contribution in [3.63, 3.8) is 0 Å². The van der Waals surface area contributed by atoms with Gasteiger partial charge in [-0.25, -0.2) is 0 Å². The number of nitrogens with zero attached hydrogens (tertiary/aromatic N) is 3. The molecule has 0 spiro atoms. The highest BCUT2D eigenvalue weighted by Gasteiger charge is 2.25. The molecule has 4 rings (SSSR count). The summed E-state index contributed by atoms with van der Waals surface area (Å²) in [6.07, 6.45) is 7.66. The van der Waals surface area contributed by atoms with Gasteiger partial charge in [0.15, 0.2) is 5.82 Å². The van der Waals surface area contributed by atoms with E-state index < -0.39 is 0 Å². The first-order valence-electron chi connectivity index (χ1n) is 8.68. The van der Waals surface area contributed by atoms with Crippen molar-refractivity contribution in [3.05, 3.63) is 39.8 Å². The van der Waals surface area contributed by atoms with Crippen LogP contribution in [-0.4, -0.2) is 27.2 Å². The first-order chi connectivity index (χ1) is 11.7. The van der Waals surface area contributed by atoms with E-state index in [2.05, 4.69) is 55.8 Å². The van der Waals surface area contributed by atoms with Crippen molar-refractivity contribution < 1.29 is 4.90 Å². The van der Waals surface area contributed by atoms with Crippen LogP contribution in [-0.2, 0) is 6.54 Å². The van der Waals surface area contributed by atoms with E-state index in [1.54, 1.807) is 16.2 Å². The zero-order valence-corrected chi connectivity index (χ0v) is 16.2. The fourth-order valence-corrected chi connectivity index (χ4v) is 4.96. The Morgan fingerprint density at radius 3 is 2.88 bits per heavy atom. The number of quaternary nitrogens is 1. The normalized spacial score (nSPS) is 21.4. The van der Waals surface area contributed by atoms with Crippen LogP contribution in [0.25, 0.3) is 16.3 Å². The van der Waals surface area contributed by atoms with Crippen LogP contribution in [0, 0.1) is 0 Å². The number of hydrogen-bond donors (Lipinski definition) is 1. The summed E-state index contributed by atoms with van der Waals surface area (Å²) in [5.74, 6) is 0.931. The summed E-state index contributed by atoms with van der Waals surface area (Å²) in [6.45, 7) is 4.75. The molecule has 0 radical (unpaired) electrons. The van der Waals surface area contributed by atoms with Gasteiger partial charge >= 0.3 is 0 Å². The Hall–Kier alpha value is -1.24. The minimum absolute atomic E-state index is 0.817. The number of benzene rings is 1. The third kappa shape index (κ3) is 3.15. The Morgan fingerprint density at radius 2 is 2.08 bits per heavy atom. The molecular formula is C18H22BrN4S+. The second kappa shape index (κ2) is 6.94. The molecule has 1 aliphatic heterocycles. The standard InChI is InChI=1S/C18H21BrN4S/c1-2-15-5-3-4-10-22(15)11-16-12-23-17(20-21-18(23)24-16)13-6-8-14(19)9-7-13/h6-9,12,15H,2-5,10-11H2,1H3/p+1/t15-/m0/s1. The number of nitrogens with one attached hydrogen (secondary N) is 1. The first-order valence-corrected chi connectivity index (χ1v) is 10.3. The van der Waals surface area contributed by atoms with Gasteiger partial charge in [0.2, 0.25) is 4.96 Å². The maximum Gasteiger partial charge on any atom is 0.216 e. The highest BCUT2D eigenvalue weighted by molar-refractivity contribution is 9.10. The van der Waals surface area contributed by atoms with E-state index in [1.165, 1.54) is 37.1 Å². The topological polar surface area (TPSA) is 34.6 Å². The molecule has 0 saturated carbocycles. The SMILES string of the molecule is CC[C@H]1CCCC[NH+]1Cc1cn2c(-c3ccc(Br)cc3)nnc2s1. The zero-order valence-electron chi connectivity index (χ0n) is 13.8. The van der Waals surface area contributed by atoms with Gasteiger partial charge in [-0.15, -0.1) is 10.2 Å². The van der Waals surface area contributed by atoms with Crippen molar-refractivity contribution in [2.75, 3.05) is 6.54 Å². The van der Waals surface area contributed by atoms with Gasteiger partial charge in [-0.2, -0.15) is 0 Å². The van der Waals surface area contributed by atoms with Gasteiger partial charge in [-0.1, -0.05) is 46.3 Å². The molecule has 1 saturated heterocycles. The highest BCUT2D eigenvalue weighted by Crippen LogP contribution is 2.25. The molecule has 0 amide bonds. The Morgan fingerprint density at radius 1 is 1.25 bits per heavy atom. The van der Waals surface area contributed by atoms with E-state index in [1.807, 2.05) is 12.1 Å². The number of halogens is 1. The van der Waals surface area contributed by atoms with Crippen LogP contribution in [0.15, 0.2) is 34.9 Å². The molecule has 1 N–H and O–H groups in total. The largest absolute Gasteiger partial charge is 0.328 e. The summed E-state index contributed by atoms with van der Waals surface area (Å²) in [5.41, 5.74) is 1.10. The lowest BCUT2D eigenvalue weighted by Crippen LogP contribution is -3.15. The van der Waals surface area contributed by atoms with Crippen molar-refractivity contribution in [2.45, 2.75) is 45.2 Å². The molecule has 1 unspecified atom stereocenters. The maximum atomic E-state index is 4.38. The zero-order chi connectivity index (χ0) is 16.5.